The number of nitrogens with one attached hydrogen (secondary N) is 1. The molecule has 2 N–H and O–H groups in total. The molecule has 1 aromatic rings. The van der Waals surface area contributed by atoms with Crippen molar-refractivity contribution in [2.24, 2.45) is 56.7 Å². The molecular weight excluding hydrogens is 757 g/mol. The van der Waals surface area contributed by atoms with Crippen LogP contribution in [0.15, 0.2) is 53.8 Å². The number of hydrogen-bond donors (Lipinski definition) is 2. The van der Waals surface area contributed by atoms with Gasteiger partial charge >= 0.3 is 5.97 Å². The number of sulfone groups is 1. The topological polar surface area (TPSA) is 113 Å². The molecule has 9 nitrogen and oxygen atoms in total. The molecule has 322 valence electrons. The molecule has 1 saturated heterocycles. The van der Waals surface area contributed by atoms with Gasteiger partial charge in [0.15, 0.2) is 9.84 Å². The van der Waals surface area contributed by atoms with Crippen molar-refractivity contribution in [1.82, 2.24) is 15.2 Å². The fourth-order valence-corrected chi connectivity index (χ4v) is 16.6. The third kappa shape index (κ3) is 6.87. The Balaban J connectivity index is 1.01. The summed E-state index contributed by atoms with van der Waals surface area (Å²) in [4.78, 5) is 22.9. The predicted octanol–water partition coefficient (Wildman–Crippen LogP) is 9.46. The third-order valence-corrected chi connectivity index (χ3v) is 20.4. The Hall–Kier alpha value is -3.00. The zero-order chi connectivity index (χ0) is 42.2. The summed E-state index contributed by atoms with van der Waals surface area (Å²) in [5.74, 6) is 2.87. The summed E-state index contributed by atoms with van der Waals surface area (Å²) < 4.78 is 30.1. The van der Waals surface area contributed by atoms with Gasteiger partial charge in [-0.15, -0.1) is 0 Å². The van der Waals surface area contributed by atoms with E-state index < -0.39 is 21.2 Å². The molecule has 0 radical (unpaired) electrons. The standard InChI is InChI=1S/C49H70N4O5S/c1-33(2)35-15-22-49(52-26-27-53-28-30-59(56,57)31-29-53)24-23-46(6)37(41(35)49)11-12-40-45(5)18-16-36(44(3,4)39(45)17-19-47(40,46)7)34-13-20-48(21-14-34,43(54)55)32-58-42-38(50-8)10-9-25-51-42/h9-10,13,16,25,35,37,39-41,52H,1,11-12,14-15,17-24,26-32H2,2-7H3,(H,54,55)/t35-,37+,39-,40+,41+,45-,46+,47+,48+,49-/m0/s1. The molecule has 4 saturated carbocycles. The molecule has 0 spiro atoms. The number of carboxylic acids is 1. The highest BCUT2D eigenvalue weighted by molar-refractivity contribution is 7.91. The van der Waals surface area contributed by atoms with Gasteiger partial charge in [0, 0.05) is 37.9 Å². The van der Waals surface area contributed by atoms with Gasteiger partial charge in [-0.05, 0) is 152 Å². The van der Waals surface area contributed by atoms with Gasteiger partial charge in [-0.1, -0.05) is 65.0 Å². The van der Waals surface area contributed by atoms with Crippen LogP contribution in [0.4, 0.5) is 5.69 Å². The largest absolute Gasteiger partial charge is 0.485 e. The predicted molar refractivity (Wildman–Crippen MR) is 234 cm³/mol. The molecule has 10 heteroatoms. The van der Waals surface area contributed by atoms with Crippen LogP contribution in [0, 0.1) is 63.2 Å². The minimum atomic E-state index is -2.88. The van der Waals surface area contributed by atoms with Crippen molar-refractivity contribution < 1.29 is 23.1 Å². The van der Waals surface area contributed by atoms with Crippen molar-refractivity contribution in [3.05, 3.63) is 65.2 Å². The van der Waals surface area contributed by atoms with Gasteiger partial charge in [0.05, 0.1) is 18.1 Å². The molecule has 59 heavy (non-hydrogen) atoms. The molecule has 7 aliphatic rings. The van der Waals surface area contributed by atoms with E-state index in [9.17, 15) is 18.3 Å². The molecule has 6 aliphatic carbocycles. The highest BCUT2D eigenvalue weighted by Gasteiger charge is 2.70. The van der Waals surface area contributed by atoms with Crippen LogP contribution in [-0.4, -0.2) is 79.2 Å². The van der Waals surface area contributed by atoms with Crippen LogP contribution in [0.2, 0.25) is 0 Å². The second kappa shape index (κ2) is 15.1. The highest BCUT2D eigenvalue weighted by atomic mass is 32.2. The summed E-state index contributed by atoms with van der Waals surface area (Å²) in [5.41, 5.74) is 4.10. The first-order valence-corrected chi connectivity index (χ1v) is 24.6. The van der Waals surface area contributed by atoms with Crippen molar-refractivity contribution in [1.29, 1.82) is 0 Å². The molecule has 5 fully saturated rings. The molecule has 0 unspecified atom stereocenters. The normalized spacial score (nSPS) is 41.1. The minimum absolute atomic E-state index is 0.00712. The molecular formula is C49H70N4O5S. The molecule has 0 bridgehead atoms. The maximum Gasteiger partial charge on any atom is 0.313 e. The SMILES string of the molecule is [C-]#[N+]c1cccnc1OC[C@@]1(C(=O)O)CC=C(C2=CC[C@]3(C)[C@H]4CC[C@@H]5[C@H]6[C@H](C(=C)C)CC[C@]6(NCCN6CCS(=O)(=O)CC6)CC[C@@]5(C)[C@]4(C)CC[C@H]3C2(C)C)CC1. The second-order valence-electron chi connectivity index (χ2n) is 21.6. The maximum absolute atomic E-state index is 12.8. The van der Waals surface area contributed by atoms with Crippen LogP contribution in [0.25, 0.3) is 4.85 Å². The van der Waals surface area contributed by atoms with Crippen molar-refractivity contribution in [2.75, 3.05) is 44.3 Å². The van der Waals surface area contributed by atoms with Gasteiger partial charge in [-0.25, -0.2) is 18.2 Å². The molecule has 0 amide bonds. The van der Waals surface area contributed by atoms with E-state index in [4.69, 9.17) is 11.3 Å². The van der Waals surface area contributed by atoms with Gasteiger partial charge in [-0.2, -0.15) is 0 Å². The number of fused-ring (bicyclic) bond motifs is 7. The van der Waals surface area contributed by atoms with Crippen molar-refractivity contribution in [3.8, 4) is 5.88 Å². The summed E-state index contributed by atoms with van der Waals surface area (Å²) >= 11 is 0. The van der Waals surface area contributed by atoms with Crippen LogP contribution in [0.3, 0.4) is 0 Å². The van der Waals surface area contributed by atoms with Gasteiger partial charge in [0.25, 0.3) is 0 Å². The lowest BCUT2D eigenvalue weighted by Crippen LogP contribution is -2.68. The average Bonchev–Trinajstić information content (AvgIpc) is 3.58. The summed E-state index contributed by atoms with van der Waals surface area (Å²) in [6, 6.07) is 3.34. The smallest absolute Gasteiger partial charge is 0.313 e. The van der Waals surface area contributed by atoms with E-state index in [1.54, 1.807) is 18.3 Å². The lowest BCUT2D eigenvalue weighted by molar-refractivity contribution is -0.221. The lowest BCUT2D eigenvalue weighted by Gasteiger charge is -2.72. The third-order valence-electron chi connectivity index (χ3n) is 18.8. The van der Waals surface area contributed by atoms with Crippen molar-refractivity contribution in [2.45, 2.75) is 124 Å². The Morgan fingerprint density at radius 1 is 1.00 bits per heavy atom. The molecule has 10 atom stereocenters. The number of aromatic nitrogens is 1. The Morgan fingerprint density at radius 2 is 1.76 bits per heavy atom. The van der Waals surface area contributed by atoms with Gasteiger partial charge < -0.3 is 20.1 Å². The van der Waals surface area contributed by atoms with E-state index in [2.05, 4.69) is 80.3 Å². The zero-order valence-corrected chi connectivity index (χ0v) is 37.6. The Kier molecular flexibility index (Phi) is 10.9. The first-order chi connectivity index (χ1) is 27.8. The van der Waals surface area contributed by atoms with Gasteiger partial charge in [-0.3, -0.25) is 4.79 Å². The van der Waals surface area contributed by atoms with E-state index in [1.165, 1.54) is 68.1 Å². The van der Waals surface area contributed by atoms with Crippen molar-refractivity contribution in [3.63, 3.8) is 0 Å². The minimum Gasteiger partial charge on any atom is -0.485 e. The number of carbonyl (C=O) groups is 1. The average molecular weight is 827 g/mol. The number of carboxylic acid groups (broad SMARTS) is 1. The zero-order valence-electron chi connectivity index (χ0n) is 36.7. The molecule has 0 aromatic carbocycles. The van der Waals surface area contributed by atoms with E-state index in [0.717, 1.165) is 19.5 Å². The van der Waals surface area contributed by atoms with E-state index in [1.807, 2.05) is 0 Å². The van der Waals surface area contributed by atoms with E-state index in [0.29, 0.717) is 67.6 Å². The second-order valence-corrected chi connectivity index (χ2v) is 23.9. The van der Waals surface area contributed by atoms with Crippen LogP contribution in [-0.2, 0) is 14.6 Å². The number of pyridine rings is 1. The maximum atomic E-state index is 12.8. The van der Waals surface area contributed by atoms with Gasteiger partial charge in [0.2, 0.25) is 11.6 Å². The Labute approximate surface area is 354 Å². The lowest BCUT2D eigenvalue weighted by atomic mass is 9.33. The molecule has 2 heterocycles. The van der Waals surface area contributed by atoms with Crippen LogP contribution >= 0.6 is 0 Å². The summed E-state index contributed by atoms with van der Waals surface area (Å²) in [6.07, 6.45) is 18.9. The number of allylic oxidation sites excluding steroid dienone is 5. The van der Waals surface area contributed by atoms with Crippen LogP contribution in [0.1, 0.15) is 119 Å². The molecule has 8 rings (SSSR count). The van der Waals surface area contributed by atoms with Crippen LogP contribution in [0.5, 0.6) is 5.88 Å². The summed E-state index contributed by atoms with van der Waals surface area (Å²) in [5, 5.41) is 14.7. The Bertz CT molecular complexity index is 2060. The number of rotatable bonds is 10. The molecule has 1 aliphatic heterocycles. The number of hydrogen-bond acceptors (Lipinski definition) is 7. The number of nitrogens with zero attached hydrogens (tertiary/aromatic N) is 3. The fraction of sp³-hybridized carbons (Fsp3) is 0.735. The highest BCUT2D eigenvalue weighted by Crippen LogP contribution is 2.76. The summed E-state index contributed by atoms with van der Waals surface area (Å²) in [7, 11) is -2.88. The molecule has 1 aromatic heterocycles. The van der Waals surface area contributed by atoms with E-state index in [-0.39, 0.29) is 51.2 Å². The van der Waals surface area contributed by atoms with Crippen molar-refractivity contribution >= 4 is 21.5 Å². The Morgan fingerprint density at radius 3 is 2.44 bits per heavy atom. The first kappa shape index (κ1) is 42.7. The van der Waals surface area contributed by atoms with Gasteiger partial charge in [0.1, 0.15) is 12.0 Å². The quantitative estimate of drug-likeness (QED) is 0.177. The number of ether oxygens (including phenoxy) is 1. The monoisotopic (exact) mass is 827 g/mol. The number of aliphatic carboxylic acids is 1. The fourth-order valence-electron chi connectivity index (χ4n) is 15.4. The first-order valence-electron chi connectivity index (χ1n) is 22.8. The van der Waals surface area contributed by atoms with E-state index >= 15 is 0 Å². The summed E-state index contributed by atoms with van der Waals surface area (Å²) in [6.45, 7) is 30.5. The van der Waals surface area contributed by atoms with Crippen LogP contribution < -0.4 is 10.1 Å².